The fourth-order valence-electron chi connectivity index (χ4n) is 1.05. The molecule has 1 aromatic heterocycles. The highest BCUT2D eigenvalue weighted by atomic mass is 16.3. The summed E-state index contributed by atoms with van der Waals surface area (Å²) in [5.74, 6) is 0. The van der Waals surface area contributed by atoms with Crippen LogP contribution in [0.3, 0.4) is 0 Å². The molecule has 0 spiro atoms. The molecular weight excluding hydrogens is 168 g/mol. The topological polar surface area (TPSA) is 58.3 Å². The van der Waals surface area contributed by atoms with Crippen molar-refractivity contribution in [3.63, 3.8) is 0 Å². The van der Waals surface area contributed by atoms with Gasteiger partial charge in [0.1, 0.15) is 0 Å². The molecule has 1 aromatic rings. The summed E-state index contributed by atoms with van der Waals surface area (Å²) in [4.78, 5) is 0. The van der Waals surface area contributed by atoms with Crippen molar-refractivity contribution >= 4 is 0 Å². The van der Waals surface area contributed by atoms with Gasteiger partial charge in [0.05, 0.1) is 17.9 Å². The highest BCUT2D eigenvalue weighted by Gasteiger charge is 2.24. The van der Waals surface area contributed by atoms with Crippen LogP contribution in [-0.2, 0) is 13.5 Å². The Morgan fingerprint density at radius 2 is 2.23 bits per heavy atom. The molecule has 1 rings (SSSR count). The van der Waals surface area contributed by atoms with Crippen molar-refractivity contribution in [2.24, 2.45) is 7.05 Å². The Hall–Kier alpha value is -0.870. The van der Waals surface area contributed by atoms with Gasteiger partial charge in [0.2, 0.25) is 0 Å². The van der Waals surface area contributed by atoms with Crippen molar-refractivity contribution in [3.8, 4) is 0 Å². The van der Waals surface area contributed by atoms with Gasteiger partial charge >= 0.3 is 0 Å². The zero-order valence-electron chi connectivity index (χ0n) is 8.23. The Morgan fingerprint density at radius 1 is 1.62 bits per heavy atom. The molecule has 0 aliphatic rings. The molecule has 74 valence electrons. The van der Waals surface area contributed by atoms with E-state index in [1.807, 2.05) is 13.2 Å². The average Bonchev–Trinajstić information content (AvgIpc) is 2.33. The third-order valence-corrected chi connectivity index (χ3v) is 2.00. The van der Waals surface area contributed by atoms with Crippen molar-refractivity contribution in [1.29, 1.82) is 0 Å². The maximum Gasteiger partial charge on any atom is 0.0863 e. The minimum Gasteiger partial charge on any atom is -0.390 e. The normalized spacial score (nSPS) is 14.5. The molecule has 0 radical (unpaired) electrons. The van der Waals surface area contributed by atoms with E-state index in [2.05, 4.69) is 5.10 Å². The van der Waals surface area contributed by atoms with E-state index in [1.54, 1.807) is 24.7 Å². The van der Waals surface area contributed by atoms with Crippen LogP contribution in [0.5, 0.6) is 0 Å². The van der Waals surface area contributed by atoms with Gasteiger partial charge in [-0.05, 0) is 19.4 Å². The van der Waals surface area contributed by atoms with Crippen LogP contribution in [0.1, 0.15) is 19.4 Å². The quantitative estimate of drug-likeness (QED) is 0.700. The molecule has 0 amide bonds. The van der Waals surface area contributed by atoms with Gasteiger partial charge in [0, 0.05) is 19.7 Å². The number of hydrogen-bond donors (Lipinski definition) is 2. The monoisotopic (exact) mass is 184 g/mol. The lowest BCUT2D eigenvalue weighted by Gasteiger charge is -2.23. The molecule has 0 aromatic carbocycles. The average molecular weight is 184 g/mol. The molecule has 0 aliphatic heterocycles. The summed E-state index contributed by atoms with van der Waals surface area (Å²) in [6, 6.07) is 0. The summed E-state index contributed by atoms with van der Waals surface area (Å²) in [6.07, 6.45) is 3.19. The molecule has 2 N–H and O–H groups in total. The lowest BCUT2D eigenvalue weighted by Crippen LogP contribution is -2.37. The Kier molecular flexibility index (Phi) is 2.73. The van der Waals surface area contributed by atoms with E-state index in [0.29, 0.717) is 6.42 Å². The largest absolute Gasteiger partial charge is 0.390 e. The van der Waals surface area contributed by atoms with Crippen LogP contribution in [0.15, 0.2) is 12.4 Å². The van der Waals surface area contributed by atoms with Crippen LogP contribution in [0.25, 0.3) is 0 Å². The zero-order chi connectivity index (χ0) is 10.1. The van der Waals surface area contributed by atoms with Gasteiger partial charge in [-0.25, -0.2) is 0 Å². The first-order valence-corrected chi connectivity index (χ1v) is 4.27. The number of aromatic nitrogens is 2. The standard InChI is InChI=1S/C9H16N2O2/c1-9(2,13)8(12)4-7-5-10-11(3)6-7/h5-6,8,12-13H,4H2,1-3H3. The molecular formula is C9H16N2O2. The van der Waals surface area contributed by atoms with Crippen LogP contribution in [-0.4, -0.2) is 31.7 Å². The number of rotatable bonds is 3. The summed E-state index contributed by atoms with van der Waals surface area (Å²) in [5, 5.41) is 23.0. The van der Waals surface area contributed by atoms with Crippen molar-refractivity contribution in [2.45, 2.75) is 32.0 Å². The van der Waals surface area contributed by atoms with Gasteiger partial charge in [0.25, 0.3) is 0 Å². The van der Waals surface area contributed by atoms with Crippen molar-refractivity contribution < 1.29 is 10.2 Å². The molecule has 1 atom stereocenters. The van der Waals surface area contributed by atoms with Crippen molar-refractivity contribution in [2.75, 3.05) is 0 Å². The van der Waals surface area contributed by atoms with Crippen LogP contribution in [0, 0.1) is 0 Å². The van der Waals surface area contributed by atoms with E-state index in [-0.39, 0.29) is 0 Å². The summed E-state index contributed by atoms with van der Waals surface area (Å²) in [5.41, 5.74) is -0.132. The Balaban J connectivity index is 2.60. The first-order valence-electron chi connectivity index (χ1n) is 4.27. The molecule has 0 saturated carbocycles. The molecule has 4 heteroatoms. The van der Waals surface area contributed by atoms with Gasteiger partial charge in [-0.15, -0.1) is 0 Å². The Labute approximate surface area is 77.8 Å². The fourth-order valence-corrected chi connectivity index (χ4v) is 1.05. The van der Waals surface area contributed by atoms with E-state index in [1.165, 1.54) is 0 Å². The minimum atomic E-state index is -1.06. The second kappa shape index (κ2) is 3.47. The third kappa shape index (κ3) is 2.82. The SMILES string of the molecule is Cn1cc(CC(O)C(C)(C)O)cn1. The van der Waals surface area contributed by atoms with Crippen LogP contribution < -0.4 is 0 Å². The maximum atomic E-state index is 9.56. The van der Waals surface area contributed by atoms with E-state index in [0.717, 1.165) is 5.56 Å². The molecule has 0 aliphatic carbocycles. The lowest BCUT2D eigenvalue weighted by atomic mass is 9.97. The first kappa shape index (κ1) is 10.2. The number of aryl methyl sites for hydroxylation is 1. The molecule has 1 heterocycles. The van der Waals surface area contributed by atoms with E-state index < -0.39 is 11.7 Å². The first-order chi connectivity index (χ1) is 5.89. The number of nitrogens with zero attached hydrogens (tertiary/aromatic N) is 2. The van der Waals surface area contributed by atoms with Crippen molar-refractivity contribution in [1.82, 2.24) is 9.78 Å². The van der Waals surface area contributed by atoms with Crippen LogP contribution in [0.4, 0.5) is 0 Å². The van der Waals surface area contributed by atoms with Gasteiger partial charge in [-0.1, -0.05) is 0 Å². The van der Waals surface area contributed by atoms with Gasteiger partial charge < -0.3 is 10.2 Å². The fraction of sp³-hybridized carbons (Fsp3) is 0.667. The van der Waals surface area contributed by atoms with Gasteiger partial charge in [-0.3, -0.25) is 4.68 Å². The summed E-state index contributed by atoms with van der Waals surface area (Å²) >= 11 is 0. The highest BCUT2D eigenvalue weighted by molar-refractivity contribution is 5.06. The molecule has 0 fully saturated rings. The van der Waals surface area contributed by atoms with E-state index >= 15 is 0 Å². The van der Waals surface area contributed by atoms with E-state index in [4.69, 9.17) is 0 Å². The summed E-state index contributed by atoms with van der Waals surface area (Å²) < 4.78 is 1.67. The second-order valence-electron chi connectivity index (χ2n) is 3.90. The number of hydrogen-bond acceptors (Lipinski definition) is 3. The number of aliphatic hydroxyl groups is 2. The lowest BCUT2D eigenvalue weighted by molar-refractivity contribution is -0.0469. The van der Waals surface area contributed by atoms with E-state index in [9.17, 15) is 10.2 Å². The zero-order valence-corrected chi connectivity index (χ0v) is 8.23. The summed E-state index contributed by atoms with van der Waals surface area (Å²) in [6.45, 7) is 3.18. The van der Waals surface area contributed by atoms with Crippen LogP contribution >= 0.6 is 0 Å². The highest BCUT2D eigenvalue weighted by Crippen LogP contribution is 2.13. The molecule has 0 saturated heterocycles. The van der Waals surface area contributed by atoms with Crippen molar-refractivity contribution in [3.05, 3.63) is 18.0 Å². The number of aliphatic hydroxyl groups excluding tert-OH is 1. The van der Waals surface area contributed by atoms with Crippen LogP contribution in [0.2, 0.25) is 0 Å². The predicted octanol–water partition coefficient (Wildman–Crippen LogP) is 0.0944. The molecule has 13 heavy (non-hydrogen) atoms. The Morgan fingerprint density at radius 3 is 2.62 bits per heavy atom. The smallest absolute Gasteiger partial charge is 0.0863 e. The van der Waals surface area contributed by atoms with Gasteiger partial charge in [0.15, 0.2) is 0 Å². The Bertz CT molecular complexity index is 275. The summed E-state index contributed by atoms with van der Waals surface area (Å²) in [7, 11) is 1.82. The maximum absolute atomic E-state index is 9.56. The predicted molar refractivity (Wildman–Crippen MR) is 49.2 cm³/mol. The minimum absolute atomic E-state index is 0.428. The molecule has 1 unspecified atom stereocenters. The third-order valence-electron chi connectivity index (χ3n) is 2.00. The second-order valence-corrected chi connectivity index (χ2v) is 3.90. The molecule has 4 nitrogen and oxygen atoms in total. The molecule has 0 bridgehead atoms. The van der Waals surface area contributed by atoms with Gasteiger partial charge in [-0.2, -0.15) is 5.10 Å².